The number of ether oxygens (including phenoxy) is 4. The molecule has 2 aromatic rings. The Labute approximate surface area is 295 Å². The highest BCUT2D eigenvalue weighted by atomic mass is 16.6. The number of benzene rings is 2. The molecule has 4 aliphatic rings. The Morgan fingerprint density at radius 3 is 2.16 bits per heavy atom. The van der Waals surface area contributed by atoms with Crippen LogP contribution in [0.2, 0.25) is 0 Å². The molecule has 0 amide bonds. The van der Waals surface area contributed by atoms with Crippen LogP contribution in [0.5, 0.6) is 0 Å². The summed E-state index contributed by atoms with van der Waals surface area (Å²) < 4.78 is 23.9. The van der Waals surface area contributed by atoms with Crippen LogP contribution < -0.4 is 5.73 Å². The predicted octanol–water partition coefficient (Wildman–Crippen LogP) is 1.69. The van der Waals surface area contributed by atoms with Gasteiger partial charge in [-0.3, -0.25) is 9.59 Å². The molecule has 1 heterocycles. The van der Waals surface area contributed by atoms with E-state index in [9.17, 15) is 39.6 Å². The first-order valence-electron chi connectivity index (χ1n) is 17.0. The maximum atomic E-state index is 14.8. The Kier molecular flexibility index (Phi) is 9.31. The van der Waals surface area contributed by atoms with E-state index >= 15 is 0 Å². The van der Waals surface area contributed by atoms with Gasteiger partial charge in [0.1, 0.15) is 30.0 Å². The van der Waals surface area contributed by atoms with E-state index in [1.165, 1.54) is 32.9 Å². The van der Waals surface area contributed by atoms with Crippen molar-refractivity contribution in [3.63, 3.8) is 0 Å². The van der Waals surface area contributed by atoms with E-state index in [0.29, 0.717) is 5.56 Å². The molecule has 11 atom stereocenters. The van der Waals surface area contributed by atoms with Gasteiger partial charge in [0.2, 0.25) is 0 Å². The van der Waals surface area contributed by atoms with Crippen LogP contribution in [0.1, 0.15) is 69.4 Å². The van der Waals surface area contributed by atoms with Crippen LogP contribution in [-0.2, 0) is 33.3 Å². The van der Waals surface area contributed by atoms with Gasteiger partial charge >= 0.3 is 17.9 Å². The van der Waals surface area contributed by atoms with Crippen LogP contribution >= 0.6 is 0 Å². The van der Waals surface area contributed by atoms with Gasteiger partial charge in [-0.2, -0.15) is 0 Å². The van der Waals surface area contributed by atoms with Gasteiger partial charge in [-0.15, -0.1) is 0 Å². The summed E-state index contributed by atoms with van der Waals surface area (Å²) in [4.78, 5) is 55.0. The summed E-state index contributed by atoms with van der Waals surface area (Å²) in [5, 5.41) is 48.0. The predicted molar refractivity (Wildman–Crippen MR) is 178 cm³/mol. The van der Waals surface area contributed by atoms with Crippen LogP contribution in [0.25, 0.3) is 0 Å². The van der Waals surface area contributed by atoms with Crippen molar-refractivity contribution in [3.8, 4) is 0 Å². The highest BCUT2D eigenvalue weighted by Crippen LogP contribution is 2.64. The SMILES string of the molecule is CC(=O)O[C@@]12COC1C[C@H](O)[C@@]1(C)C(=O)[C@H](O)C3=C(C)[C@@H](OC(=O)[C@@H](O)[C@H](N)c4ccccc4)C[C@@](O)([C@@H](OC(=O)c4ccccc4)[C@@H]12)C3(C)C. The van der Waals surface area contributed by atoms with Gasteiger partial charge < -0.3 is 45.1 Å². The number of esters is 3. The van der Waals surface area contributed by atoms with Gasteiger partial charge in [0.15, 0.2) is 17.5 Å². The number of nitrogens with two attached hydrogens (primary N) is 1. The fourth-order valence-electron chi connectivity index (χ4n) is 8.99. The molecular weight excluding hydrogens is 662 g/mol. The van der Waals surface area contributed by atoms with Crippen LogP contribution in [0.15, 0.2) is 71.8 Å². The smallest absolute Gasteiger partial charge is 0.338 e. The molecule has 0 radical (unpaired) electrons. The normalized spacial score (nSPS) is 36.5. The summed E-state index contributed by atoms with van der Waals surface area (Å²) in [6, 6.07) is 15.2. The molecule has 3 fully saturated rings. The lowest BCUT2D eigenvalue weighted by molar-refractivity contribution is -0.346. The number of Topliss-reactive ketones (excluding diaryl/α,β-unsaturated/α-hetero) is 1. The zero-order valence-electron chi connectivity index (χ0n) is 29.1. The third kappa shape index (κ3) is 5.53. The van der Waals surface area contributed by atoms with E-state index in [-0.39, 0.29) is 29.7 Å². The average molecular weight is 708 g/mol. The molecule has 1 saturated heterocycles. The third-order valence-corrected chi connectivity index (χ3v) is 11.9. The molecule has 274 valence electrons. The molecule has 6 rings (SSSR count). The second kappa shape index (κ2) is 12.9. The van der Waals surface area contributed by atoms with Gasteiger partial charge in [-0.25, -0.2) is 9.59 Å². The third-order valence-electron chi connectivity index (χ3n) is 11.9. The van der Waals surface area contributed by atoms with Crippen molar-refractivity contribution in [1.29, 1.82) is 0 Å². The molecule has 2 bridgehead atoms. The van der Waals surface area contributed by atoms with Crippen molar-refractivity contribution in [2.75, 3.05) is 6.61 Å². The molecule has 0 spiro atoms. The van der Waals surface area contributed by atoms with Crippen molar-refractivity contribution in [2.24, 2.45) is 22.5 Å². The minimum Gasteiger partial charge on any atom is -0.456 e. The summed E-state index contributed by atoms with van der Waals surface area (Å²) in [7, 11) is 0. The van der Waals surface area contributed by atoms with Crippen molar-refractivity contribution in [2.45, 2.75) is 101 Å². The fraction of sp³-hybridized carbons (Fsp3) is 0.526. The molecule has 13 nitrogen and oxygen atoms in total. The molecule has 1 unspecified atom stereocenters. The summed E-state index contributed by atoms with van der Waals surface area (Å²) in [5.74, 6) is -5.10. The highest BCUT2D eigenvalue weighted by molar-refractivity contribution is 5.94. The molecule has 0 aromatic heterocycles. The number of carbonyl (C=O) groups excluding carboxylic acids is 4. The Morgan fingerprint density at radius 1 is 0.980 bits per heavy atom. The Hall–Kier alpha value is -3.98. The molecular formula is C38H45NO12. The van der Waals surface area contributed by atoms with Gasteiger partial charge in [-0.05, 0) is 42.7 Å². The van der Waals surface area contributed by atoms with Crippen molar-refractivity contribution in [3.05, 3.63) is 82.9 Å². The Bertz CT molecular complexity index is 1750. The van der Waals surface area contributed by atoms with E-state index in [0.717, 1.165) is 0 Å². The number of hydrogen-bond acceptors (Lipinski definition) is 13. The minimum atomic E-state index is -2.28. The van der Waals surface area contributed by atoms with Gasteiger partial charge in [0.25, 0.3) is 0 Å². The molecule has 1 aliphatic heterocycles. The molecule has 51 heavy (non-hydrogen) atoms. The number of ketones is 1. The largest absolute Gasteiger partial charge is 0.456 e. The fourth-order valence-corrected chi connectivity index (χ4v) is 8.99. The first-order valence-corrected chi connectivity index (χ1v) is 17.0. The van der Waals surface area contributed by atoms with Gasteiger partial charge in [-0.1, -0.05) is 62.4 Å². The van der Waals surface area contributed by atoms with Gasteiger partial charge in [0.05, 0.1) is 35.6 Å². The summed E-state index contributed by atoms with van der Waals surface area (Å²) in [6.45, 7) is 6.99. The molecule has 6 N–H and O–H groups in total. The second-order valence-corrected chi connectivity index (χ2v) is 15.0. The van der Waals surface area contributed by atoms with E-state index in [2.05, 4.69) is 0 Å². The van der Waals surface area contributed by atoms with Crippen LogP contribution in [0.3, 0.4) is 0 Å². The highest BCUT2D eigenvalue weighted by Gasteiger charge is 2.78. The Balaban J connectivity index is 1.53. The van der Waals surface area contributed by atoms with E-state index < -0.39 is 101 Å². The monoisotopic (exact) mass is 707 g/mol. The van der Waals surface area contributed by atoms with Crippen LogP contribution in [0.4, 0.5) is 0 Å². The first kappa shape index (κ1) is 36.8. The number of aliphatic hydroxyl groups excluding tert-OH is 3. The van der Waals surface area contributed by atoms with Crippen molar-refractivity contribution in [1.82, 2.24) is 0 Å². The zero-order chi connectivity index (χ0) is 37.3. The minimum absolute atomic E-state index is 0.0120. The quantitative estimate of drug-likeness (QED) is 0.158. The number of fused-ring (bicyclic) bond motifs is 5. The van der Waals surface area contributed by atoms with Crippen LogP contribution in [0, 0.1) is 16.7 Å². The zero-order valence-corrected chi connectivity index (χ0v) is 29.1. The molecule has 2 saturated carbocycles. The standard InChI is InChI=1S/C38H45NO12/c1-19-23(49-34(46)29(43)27(39)21-12-8-6-9-13-21)17-38(47)32(50-33(45)22-14-10-7-11-15-22)30-36(5,31(44)28(42)26(19)35(38,3)4)24(41)16-25-37(30,18-48-25)51-20(2)40/h6-15,23-25,27-30,32,41-43,47H,16-18,39H2,1-5H3/t23-,24-,25?,27+,28+,29-,30-,32-,36+,37-,38+/m0/s1. The molecule has 13 heteroatoms. The summed E-state index contributed by atoms with van der Waals surface area (Å²) in [5.41, 5.74) is -0.496. The second-order valence-electron chi connectivity index (χ2n) is 15.0. The lowest BCUT2D eigenvalue weighted by Gasteiger charge is -2.67. The topological polar surface area (TPSA) is 212 Å². The van der Waals surface area contributed by atoms with Crippen molar-refractivity contribution >= 4 is 23.7 Å². The molecule has 2 aromatic carbocycles. The number of carbonyl (C=O) groups is 4. The van der Waals surface area contributed by atoms with E-state index in [1.54, 1.807) is 62.4 Å². The lowest BCUT2D eigenvalue weighted by Crippen LogP contribution is -2.81. The summed E-state index contributed by atoms with van der Waals surface area (Å²) in [6.07, 6.45) is -9.94. The molecule has 3 aliphatic carbocycles. The first-order chi connectivity index (χ1) is 23.9. The maximum Gasteiger partial charge on any atom is 0.338 e. The van der Waals surface area contributed by atoms with Crippen molar-refractivity contribution < 1.29 is 58.6 Å². The van der Waals surface area contributed by atoms with Crippen LogP contribution in [-0.4, -0.2) is 98.6 Å². The summed E-state index contributed by atoms with van der Waals surface area (Å²) >= 11 is 0. The Morgan fingerprint density at radius 2 is 1.59 bits per heavy atom. The van der Waals surface area contributed by atoms with E-state index in [4.69, 9.17) is 24.7 Å². The maximum absolute atomic E-state index is 14.8. The number of hydrogen-bond donors (Lipinski definition) is 5. The van der Waals surface area contributed by atoms with E-state index in [1.807, 2.05) is 0 Å². The lowest BCUT2D eigenvalue weighted by atomic mass is 9.44. The number of aliphatic hydroxyl groups is 4. The average Bonchev–Trinajstić information content (AvgIpc) is 3.09. The van der Waals surface area contributed by atoms with Gasteiger partial charge in [0, 0.05) is 25.2 Å². The number of rotatable bonds is 7.